The van der Waals surface area contributed by atoms with Crippen LogP contribution in [0.1, 0.15) is 34.5 Å². The molecular formula is C30H21F3O3. The third-order valence-corrected chi connectivity index (χ3v) is 5.96. The van der Waals surface area contributed by atoms with Crippen molar-refractivity contribution in [2.45, 2.75) is 13.0 Å². The summed E-state index contributed by atoms with van der Waals surface area (Å²) in [5.74, 6) is -4.04. The molecule has 0 aliphatic carbocycles. The first kappa shape index (κ1) is 23.6. The highest BCUT2D eigenvalue weighted by molar-refractivity contribution is 5.91. The standard InChI is InChI=1S/C30H21F3O3/c1-2-3-18-4-6-20(7-5-18)23-14-15-26(29(33)28(23)32)36-30(34)21-10-8-19(9-11-21)22-12-13-24(25(31)16-22)27-17-35-27/h2-16,27H,17H2,1H3/b3-2+. The topological polar surface area (TPSA) is 38.8 Å². The van der Waals surface area contributed by atoms with Crippen molar-refractivity contribution in [1.82, 2.24) is 0 Å². The van der Waals surface area contributed by atoms with Crippen LogP contribution in [0, 0.1) is 17.5 Å². The molecule has 6 heteroatoms. The van der Waals surface area contributed by atoms with Crippen molar-refractivity contribution in [3.63, 3.8) is 0 Å². The maximum atomic E-state index is 14.8. The molecule has 0 amide bonds. The Labute approximate surface area is 206 Å². The van der Waals surface area contributed by atoms with Crippen LogP contribution in [0.5, 0.6) is 5.75 Å². The number of carbonyl (C=O) groups excluding carboxylic acids is 1. The van der Waals surface area contributed by atoms with Crippen LogP contribution in [-0.2, 0) is 4.74 Å². The molecule has 0 spiro atoms. The highest BCUT2D eigenvalue weighted by Crippen LogP contribution is 2.34. The molecule has 1 aliphatic rings. The Morgan fingerprint density at radius 1 is 0.861 bits per heavy atom. The first-order chi connectivity index (χ1) is 17.4. The number of halogens is 3. The predicted octanol–water partition coefficient (Wildman–Crippen LogP) is 7.76. The van der Waals surface area contributed by atoms with Crippen LogP contribution in [0.25, 0.3) is 28.3 Å². The summed E-state index contributed by atoms with van der Waals surface area (Å²) in [6, 6.07) is 20.7. The Morgan fingerprint density at radius 2 is 1.53 bits per heavy atom. The van der Waals surface area contributed by atoms with Gasteiger partial charge in [-0.15, -0.1) is 0 Å². The number of allylic oxidation sites excluding steroid dienone is 1. The minimum absolute atomic E-state index is 0.0650. The first-order valence-electron chi connectivity index (χ1n) is 11.4. The quantitative estimate of drug-likeness (QED) is 0.159. The van der Waals surface area contributed by atoms with Crippen LogP contribution in [-0.4, -0.2) is 12.6 Å². The summed E-state index contributed by atoms with van der Waals surface area (Å²) in [5.41, 5.74) is 3.50. The minimum atomic E-state index is -1.25. The van der Waals surface area contributed by atoms with E-state index in [1.165, 1.54) is 30.3 Å². The van der Waals surface area contributed by atoms with Gasteiger partial charge in [0.2, 0.25) is 5.82 Å². The summed E-state index contributed by atoms with van der Waals surface area (Å²) < 4.78 is 54.1. The number of epoxide rings is 1. The predicted molar refractivity (Wildman–Crippen MR) is 132 cm³/mol. The van der Waals surface area contributed by atoms with E-state index in [0.717, 1.165) is 5.56 Å². The fraction of sp³-hybridized carbons (Fsp3) is 0.100. The second-order valence-electron chi connectivity index (χ2n) is 8.39. The molecule has 4 aromatic rings. The zero-order chi connectivity index (χ0) is 25.2. The highest BCUT2D eigenvalue weighted by Gasteiger charge is 2.27. The van der Waals surface area contributed by atoms with Gasteiger partial charge in [0.05, 0.1) is 12.2 Å². The van der Waals surface area contributed by atoms with E-state index in [9.17, 15) is 18.0 Å². The zero-order valence-electron chi connectivity index (χ0n) is 19.3. The minimum Gasteiger partial charge on any atom is -0.420 e. The van der Waals surface area contributed by atoms with Crippen molar-refractivity contribution in [1.29, 1.82) is 0 Å². The van der Waals surface area contributed by atoms with E-state index in [0.29, 0.717) is 28.9 Å². The molecule has 1 heterocycles. The molecule has 0 bridgehead atoms. The van der Waals surface area contributed by atoms with Crippen LogP contribution in [0.4, 0.5) is 13.2 Å². The number of hydrogen-bond donors (Lipinski definition) is 0. The fourth-order valence-electron chi connectivity index (χ4n) is 3.95. The van der Waals surface area contributed by atoms with E-state index in [1.807, 2.05) is 19.1 Å². The van der Waals surface area contributed by atoms with Gasteiger partial charge >= 0.3 is 5.97 Å². The third-order valence-electron chi connectivity index (χ3n) is 5.96. The first-order valence-corrected chi connectivity index (χ1v) is 11.4. The summed E-state index contributed by atoms with van der Waals surface area (Å²) in [5, 5.41) is 0. The van der Waals surface area contributed by atoms with Crippen molar-refractivity contribution in [2.75, 3.05) is 6.61 Å². The van der Waals surface area contributed by atoms with Crippen LogP contribution < -0.4 is 4.74 Å². The summed E-state index contributed by atoms with van der Waals surface area (Å²) in [6.07, 6.45) is 3.60. The SMILES string of the molecule is C/C=C/c1ccc(-c2ccc(OC(=O)c3ccc(-c4ccc(C5CO5)c(F)c4)cc3)c(F)c2F)cc1. The van der Waals surface area contributed by atoms with E-state index in [4.69, 9.17) is 9.47 Å². The van der Waals surface area contributed by atoms with Crippen molar-refractivity contribution in [3.05, 3.63) is 119 Å². The Bertz CT molecular complexity index is 1450. The van der Waals surface area contributed by atoms with Gasteiger partial charge in [-0.05, 0) is 59.5 Å². The summed E-state index contributed by atoms with van der Waals surface area (Å²) >= 11 is 0. The van der Waals surface area contributed by atoms with Crippen molar-refractivity contribution in [2.24, 2.45) is 0 Å². The van der Waals surface area contributed by atoms with Gasteiger partial charge in [0, 0.05) is 11.1 Å². The molecule has 4 aromatic carbocycles. The molecule has 1 aliphatic heterocycles. The average Bonchev–Trinajstić information content (AvgIpc) is 3.73. The number of rotatable bonds is 6. The van der Waals surface area contributed by atoms with Gasteiger partial charge in [-0.1, -0.05) is 60.7 Å². The molecule has 1 fully saturated rings. The molecule has 0 radical (unpaired) electrons. The Balaban J connectivity index is 1.31. The maximum absolute atomic E-state index is 14.8. The number of benzene rings is 4. The average molecular weight is 486 g/mol. The van der Waals surface area contributed by atoms with Crippen LogP contribution in [0.15, 0.2) is 84.9 Å². The second-order valence-corrected chi connectivity index (χ2v) is 8.39. The summed E-state index contributed by atoms with van der Waals surface area (Å²) in [6.45, 7) is 2.41. The fourth-order valence-corrected chi connectivity index (χ4v) is 3.95. The third kappa shape index (κ3) is 4.81. The molecule has 36 heavy (non-hydrogen) atoms. The van der Waals surface area contributed by atoms with Gasteiger partial charge in [0.25, 0.3) is 0 Å². The monoisotopic (exact) mass is 486 g/mol. The Hall–Kier alpha value is -4.16. The van der Waals surface area contributed by atoms with E-state index >= 15 is 0 Å². The second kappa shape index (κ2) is 9.84. The lowest BCUT2D eigenvalue weighted by atomic mass is 10.0. The van der Waals surface area contributed by atoms with E-state index < -0.39 is 23.4 Å². The molecule has 1 atom stereocenters. The van der Waals surface area contributed by atoms with Crippen molar-refractivity contribution < 1.29 is 27.4 Å². The summed E-state index contributed by atoms with van der Waals surface area (Å²) in [7, 11) is 0. The van der Waals surface area contributed by atoms with Gasteiger partial charge in [-0.25, -0.2) is 13.6 Å². The van der Waals surface area contributed by atoms with E-state index in [-0.39, 0.29) is 23.0 Å². The van der Waals surface area contributed by atoms with Gasteiger partial charge in [0.1, 0.15) is 11.9 Å². The van der Waals surface area contributed by atoms with Gasteiger partial charge in [-0.3, -0.25) is 0 Å². The smallest absolute Gasteiger partial charge is 0.343 e. The lowest BCUT2D eigenvalue weighted by molar-refractivity contribution is 0.0727. The van der Waals surface area contributed by atoms with Crippen LogP contribution in [0.3, 0.4) is 0 Å². The number of ether oxygens (including phenoxy) is 2. The molecule has 1 unspecified atom stereocenters. The zero-order valence-corrected chi connectivity index (χ0v) is 19.3. The largest absolute Gasteiger partial charge is 0.420 e. The number of hydrogen-bond acceptors (Lipinski definition) is 3. The van der Waals surface area contributed by atoms with Crippen molar-refractivity contribution >= 4 is 12.0 Å². The lowest BCUT2D eigenvalue weighted by Gasteiger charge is -2.10. The van der Waals surface area contributed by atoms with E-state index in [1.54, 1.807) is 48.5 Å². The van der Waals surface area contributed by atoms with Gasteiger partial charge in [0.15, 0.2) is 11.6 Å². The summed E-state index contributed by atoms with van der Waals surface area (Å²) in [4.78, 5) is 12.6. The number of carbonyl (C=O) groups is 1. The Kier molecular flexibility index (Phi) is 6.44. The normalized spacial score (nSPS) is 14.7. The van der Waals surface area contributed by atoms with Gasteiger partial charge in [-0.2, -0.15) is 4.39 Å². The van der Waals surface area contributed by atoms with Crippen LogP contribution >= 0.6 is 0 Å². The molecule has 0 N–H and O–H groups in total. The molecule has 5 rings (SSSR count). The Morgan fingerprint density at radius 3 is 2.17 bits per heavy atom. The van der Waals surface area contributed by atoms with Crippen LogP contribution in [0.2, 0.25) is 0 Å². The van der Waals surface area contributed by atoms with Gasteiger partial charge < -0.3 is 9.47 Å². The molecule has 0 saturated carbocycles. The molecule has 1 saturated heterocycles. The molecule has 3 nitrogen and oxygen atoms in total. The highest BCUT2D eigenvalue weighted by atomic mass is 19.2. The molecule has 0 aromatic heterocycles. The maximum Gasteiger partial charge on any atom is 0.343 e. The number of esters is 1. The molecule has 180 valence electrons. The van der Waals surface area contributed by atoms with Crippen molar-refractivity contribution in [3.8, 4) is 28.0 Å². The molecular weight excluding hydrogens is 465 g/mol. The van der Waals surface area contributed by atoms with E-state index in [2.05, 4.69) is 0 Å². The lowest BCUT2D eigenvalue weighted by Crippen LogP contribution is -2.10.